The summed E-state index contributed by atoms with van der Waals surface area (Å²) < 4.78 is 1.52. The SMILES string of the molecule is N#Cc1ccc(Nc2nc(=NC3CC3)n3nc/c(=C\c4[nH]c(=O)[nH]c4O)c3n2)cc1. The number of H-pyrrole nitrogens is 2. The molecule has 11 heteroatoms. The first-order valence-corrected chi connectivity index (χ1v) is 9.19. The van der Waals surface area contributed by atoms with Crippen molar-refractivity contribution in [2.45, 2.75) is 18.9 Å². The zero-order valence-electron chi connectivity index (χ0n) is 15.5. The molecule has 1 saturated carbocycles. The largest absolute Gasteiger partial charge is 0.493 e. The Labute approximate surface area is 168 Å². The number of hydrogen-bond acceptors (Lipinski definition) is 8. The minimum atomic E-state index is -0.516. The Bertz CT molecular complexity index is 1470. The second kappa shape index (κ2) is 6.85. The number of aromatic nitrogens is 6. The first-order valence-electron chi connectivity index (χ1n) is 9.19. The van der Waals surface area contributed by atoms with Crippen LogP contribution < -0.4 is 21.8 Å². The van der Waals surface area contributed by atoms with Crippen molar-refractivity contribution in [1.29, 1.82) is 5.26 Å². The lowest BCUT2D eigenvalue weighted by Gasteiger charge is -2.05. The summed E-state index contributed by atoms with van der Waals surface area (Å²) in [6.07, 6.45) is 5.13. The number of aromatic amines is 2. The number of rotatable bonds is 4. The van der Waals surface area contributed by atoms with Crippen LogP contribution in [0.25, 0.3) is 11.7 Å². The van der Waals surface area contributed by atoms with Gasteiger partial charge in [-0.2, -0.15) is 24.8 Å². The minimum Gasteiger partial charge on any atom is -0.493 e. The maximum Gasteiger partial charge on any atom is 0.326 e. The molecule has 0 amide bonds. The van der Waals surface area contributed by atoms with Gasteiger partial charge in [0.25, 0.3) is 5.62 Å². The molecule has 3 heterocycles. The number of hydrogen-bond donors (Lipinski definition) is 4. The Hall–Kier alpha value is -4.46. The number of nitrogens with one attached hydrogen (secondary N) is 3. The van der Waals surface area contributed by atoms with Crippen LogP contribution in [0.4, 0.5) is 11.6 Å². The van der Waals surface area contributed by atoms with E-state index < -0.39 is 5.69 Å². The van der Waals surface area contributed by atoms with E-state index in [9.17, 15) is 9.90 Å². The van der Waals surface area contributed by atoms with Crippen molar-refractivity contribution in [3.05, 3.63) is 63.0 Å². The van der Waals surface area contributed by atoms with Gasteiger partial charge in [-0.05, 0) is 43.2 Å². The van der Waals surface area contributed by atoms with Gasteiger partial charge in [0.15, 0.2) is 5.65 Å². The molecule has 0 bridgehead atoms. The molecule has 4 aromatic rings. The summed E-state index contributed by atoms with van der Waals surface area (Å²) in [6.45, 7) is 0. The van der Waals surface area contributed by atoms with Gasteiger partial charge in [0.05, 0.1) is 23.9 Å². The first-order chi connectivity index (χ1) is 14.6. The smallest absolute Gasteiger partial charge is 0.326 e. The summed E-state index contributed by atoms with van der Waals surface area (Å²) in [5, 5.41) is 26.8. The topological polar surface area (TPSA) is 160 Å². The lowest BCUT2D eigenvalue weighted by Crippen LogP contribution is -2.24. The molecule has 0 atom stereocenters. The third-order valence-electron chi connectivity index (χ3n) is 4.53. The lowest BCUT2D eigenvalue weighted by atomic mass is 10.2. The highest BCUT2D eigenvalue weighted by Gasteiger charge is 2.21. The van der Waals surface area contributed by atoms with Gasteiger partial charge in [0.1, 0.15) is 5.69 Å². The van der Waals surface area contributed by atoms with Gasteiger partial charge >= 0.3 is 5.69 Å². The maximum atomic E-state index is 11.4. The highest BCUT2D eigenvalue weighted by Crippen LogP contribution is 2.22. The molecule has 11 nitrogen and oxygen atoms in total. The molecular weight excluding hydrogens is 386 g/mol. The molecule has 0 aliphatic heterocycles. The minimum absolute atomic E-state index is 0.215. The van der Waals surface area contributed by atoms with Gasteiger partial charge in [0.2, 0.25) is 11.8 Å². The number of nitrogens with zero attached hydrogens (tertiary/aromatic N) is 6. The van der Waals surface area contributed by atoms with Crippen molar-refractivity contribution in [2.75, 3.05) is 5.32 Å². The summed E-state index contributed by atoms with van der Waals surface area (Å²) in [5.74, 6) is 0.0424. The summed E-state index contributed by atoms with van der Waals surface area (Å²) in [6, 6.07) is 9.20. The van der Waals surface area contributed by atoms with Gasteiger partial charge in [-0.15, -0.1) is 0 Å². The lowest BCUT2D eigenvalue weighted by molar-refractivity contribution is 0.454. The van der Waals surface area contributed by atoms with E-state index >= 15 is 0 Å². The van der Waals surface area contributed by atoms with E-state index in [0.717, 1.165) is 12.8 Å². The molecule has 5 rings (SSSR count). The molecule has 1 aliphatic carbocycles. The molecule has 3 aromatic heterocycles. The monoisotopic (exact) mass is 401 g/mol. The highest BCUT2D eigenvalue weighted by molar-refractivity contribution is 5.59. The average molecular weight is 401 g/mol. The van der Waals surface area contributed by atoms with Gasteiger partial charge in [-0.1, -0.05) is 0 Å². The van der Waals surface area contributed by atoms with Gasteiger partial charge in [-0.25, -0.2) is 9.79 Å². The zero-order valence-corrected chi connectivity index (χ0v) is 15.5. The van der Waals surface area contributed by atoms with Crippen molar-refractivity contribution < 1.29 is 5.11 Å². The zero-order chi connectivity index (χ0) is 20.7. The third kappa shape index (κ3) is 3.37. The molecule has 4 N–H and O–H groups in total. The predicted octanol–water partition coefficient (Wildman–Crippen LogP) is 0.0724. The number of fused-ring (bicyclic) bond motifs is 1. The summed E-state index contributed by atoms with van der Waals surface area (Å²) in [7, 11) is 0. The summed E-state index contributed by atoms with van der Waals surface area (Å²) >= 11 is 0. The molecule has 1 aromatic carbocycles. The van der Waals surface area contributed by atoms with Crippen LogP contribution in [-0.2, 0) is 0 Å². The van der Waals surface area contributed by atoms with Crippen molar-refractivity contribution in [1.82, 2.24) is 29.5 Å². The Morgan fingerprint density at radius 3 is 2.73 bits per heavy atom. The number of aromatic hydroxyl groups is 1. The Morgan fingerprint density at radius 2 is 2.07 bits per heavy atom. The average Bonchev–Trinajstić information content (AvgIpc) is 3.37. The second-order valence-electron chi connectivity index (χ2n) is 6.84. The first kappa shape index (κ1) is 17.6. The Balaban J connectivity index is 1.65. The maximum absolute atomic E-state index is 11.4. The highest BCUT2D eigenvalue weighted by atomic mass is 16.3. The predicted molar refractivity (Wildman–Crippen MR) is 106 cm³/mol. The van der Waals surface area contributed by atoms with Gasteiger partial charge in [-0.3, -0.25) is 4.98 Å². The van der Waals surface area contributed by atoms with Crippen LogP contribution in [0.5, 0.6) is 5.88 Å². The standard InChI is InChI=1S/C19H15N9O2/c20-8-10-1-3-12(4-2-10)22-17-25-15-11(7-14-16(29)26-19(30)24-14)9-21-28(15)18(27-17)23-13-5-6-13/h1-4,7,9,13,29H,5-6H2,(H,22,23,27)(H2,24,26,30)/b11-7+. The summed E-state index contributed by atoms with van der Waals surface area (Å²) in [4.78, 5) is 29.8. The fourth-order valence-corrected chi connectivity index (χ4v) is 2.89. The van der Waals surface area contributed by atoms with Crippen LogP contribution in [-0.4, -0.2) is 40.7 Å². The molecule has 1 fully saturated rings. The van der Waals surface area contributed by atoms with E-state index in [-0.39, 0.29) is 17.6 Å². The van der Waals surface area contributed by atoms with Gasteiger partial charge in [0, 0.05) is 10.9 Å². The molecule has 1 aliphatic rings. The van der Waals surface area contributed by atoms with Crippen LogP contribution in [0.1, 0.15) is 24.1 Å². The number of benzene rings is 1. The van der Waals surface area contributed by atoms with E-state index in [2.05, 4.69) is 41.4 Å². The van der Waals surface area contributed by atoms with Gasteiger partial charge < -0.3 is 15.4 Å². The van der Waals surface area contributed by atoms with E-state index in [1.165, 1.54) is 4.52 Å². The second-order valence-corrected chi connectivity index (χ2v) is 6.84. The molecule has 148 valence electrons. The quantitative estimate of drug-likeness (QED) is 0.376. The Morgan fingerprint density at radius 1 is 1.27 bits per heavy atom. The normalized spacial score (nSPS) is 14.9. The fraction of sp³-hybridized carbons (Fsp3) is 0.158. The number of imidazole rings is 1. The van der Waals surface area contributed by atoms with E-state index in [0.29, 0.717) is 33.7 Å². The number of nitriles is 1. The molecule has 0 unspecified atom stereocenters. The van der Waals surface area contributed by atoms with Crippen molar-refractivity contribution in [3.63, 3.8) is 0 Å². The van der Waals surface area contributed by atoms with Crippen molar-refractivity contribution >= 4 is 23.4 Å². The number of anilines is 2. The van der Waals surface area contributed by atoms with Crippen molar-refractivity contribution in [3.8, 4) is 11.9 Å². The summed E-state index contributed by atoms with van der Waals surface area (Å²) in [5.41, 5.74) is 1.84. The molecule has 0 saturated heterocycles. The third-order valence-corrected chi connectivity index (χ3v) is 4.53. The van der Waals surface area contributed by atoms with Crippen LogP contribution in [0.15, 0.2) is 40.2 Å². The fourth-order valence-electron chi connectivity index (χ4n) is 2.89. The van der Waals surface area contributed by atoms with Crippen LogP contribution in [0, 0.1) is 11.3 Å². The molecule has 0 radical (unpaired) electrons. The molecular formula is C19H15N9O2. The van der Waals surface area contributed by atoms with Crippen LogP contribution >= 0.6 is 0 Å². The van der Waals surface area contributed by atoms with E-state index in [4.69, 9.17) is 5.26 Å². The van der Waals surface area contributed by atoms with Crippen molar-refractivity contribution in [2.24, 2.45) is 4.99 Å². The molecule has 30 heavy (non-hydrogen) atoms. The molecule has 0 spiro atoms. The van der Waals surface area contributed by atoms with Crippen LogP contribution in [0.2, 0.25) is 0 Å². The van der Waals surface area contributed by atoms with E-state index in [1.807, 2.05) is 0 Å². The van der Waals surface area contributed by atoms with E-state index in [1.54, 1.807) is 36.5 Å². The Kier molecular flexibility index (Phi) is 4.03. The van der Waals surface area contributed by atoms with Crippen LogP contribution in [0.3, 0.4) is 0 Å².